The molecule has 134 valence electrons. The van der Waals surface area contributed by atoms with Crippen LogP contribution in [0.4, 0.5) is 17.5 Å². The van der Waals surface area contributed by atoms with E-state index in [1.54, 1.807) is 18.2 Å². The zero-order valence-corrected chi connectivity index (χ0v) is 15.7. The van der Waals surface area contributed by atoms with Crippen LogP contribution >= 0.6 is 11.6 Å². The lowest BCUT2D eigenvalue weighted by Gasteiger charge is -2.19. The zero-order valence-electron chi connectivity index (χ0n) is 15.0. The number of hydrogen-bond donors (Lipinski definition) is 1. The third-order valence-electron chi connectivity index (χ3n) is 3.71. The van der Waals surface area contributed by atoms with E-state index < -0.39 is 5.97 Å². The predicted octanol–water partition coefficient (Wildman–Crippen LogP) is 4.20. The summed E-state index contributed by atoms with van der Waals surface area (Å²) in [5, 5.41) is 3.57. The molecule has 2 aromatic rings. The highest BCUT2D eigenvalue weighted by Gasteiger charge is 2.12. The van der Waals surface area contributed by atoms with Crippen LogP contribution in [0.2, 0.25) is 5.02 Å². The highest BCUT2D eigenvalue weighted by molar-refractivity contribution is 6.33. The van der Waals surface area contributed by atoms with E-state index in [4.69, 9.17) is 16.3 Å². The van der Waals surface area contributed by atoms with Gasteiger partial charge in [-0.3, -0.25) is 0 Å². The quantitative estimate of drug-likeness (QED) is 0.744. The van der Waals surface area contributed by atoms with Crippen LogP contribution < -0.4 is 10.2 Å². The fourth-order valence-corrected chi connectivity index (χ4v) is 2.46. The van der Waals surface area contributed by atoms with E-state index in [1.807, 2.05) is 20.0 Å². The number of nitrogens with zero attached hydrogens (tertiary/aromatic N) is 3. The number of aromatic nitrogens is 2. The number of carbonyl (C=O) groups excluding carboxylic acids is 1. The number of methoxy groups -OCH3 is 1. The monoisotopic (exact) mass is 362 g/mol. The van der Waals surface area contributed by atoms with Gasteiger partial charge in [0, 0.05) is 25.4 Å². The molecule has 25 heavy (non-hydrogen) atoms. The Kier molecular flexibility index (Phi) is 6.58. The molecular weight excluding hydrogens is 340 g/mol. The third-order valence-corrected chi connectivity index (χ3v) is 4.04. The lowest BCUT2D eigenvalue weighted by molar-refractivity contribution is 0.0601. The highest BCUT2D eigenvalue weighted by Crippen LogP contribution is 2.26. The number of nitrogens with one attached hydrogen (secondary N) is 1. The van der Waals surface area contributed by atoms with Gasteiger partial charge in [0.25, 0.3) is 0 Å². The fraction of sp³-hybridized carbons (Fsp3) is 0.389. The minimum Gasteiger partial charge on any atom is -0.465 e. The molecule has 0 bridgehead atoms. The first kappa shape index (κ1) is 19.0. The lowest BCUT2D eigenvalue weighted by Crippen LogP contribution is -2.20. The van der Waals surface area contributed by atoms with Crippen molar-refractivity contribution >= 4 is 35.0 Å². The molecule has 7 heteroatoms. The largest absolute Gasteiger partial charge is 0.465 e. The predicted molar refractivity (Wildman–Crippen MR) is 101 cm³/mol. The summed E-state index contributed by atoms with van der Waals surface area (Å²) in [7, 11) is 3.35. The number of benzene rings is 1. The zero-order chi connectivity index (χ0) is 18.4. The van der Waals surface area contributed by atoms with Gasteiger partial charge in [-0.15, -0.1) is 0 Å². The average molecular weight is 363 g/mol. The number of esters is 1. The number of ether oxygens (including phenoxy) is 1. The van der Waals surface area contributed by atoms with Crippen LogP contribution in [0.3, 0.4) is 0 Å². The molecule has 0 saturated carbocycles. The molecular formula is C18H23ClN4O2. The van der Waals surface area contributed by atoms with Crippen LogP contribution in [-0.2, 0) is 4.74 Å². The van der Waals surface area contributed by atoms with Gasteiger partial charge in [-0.1, -0.05) is 24.9 Å². The maximum atomic E-state index is 11.7. The molecule has 0 aliphatic rings. The van der Waals surface area contributed by atoms with Crippen LogP contribution in [-0.4, -0.2) is 36.6 Å². The maximum absolute atomic E-state index is 11.7. The summed E-state index contributed by atoms with van der Waals surface area (Å²) in [5.41, 5.74) is 1.80. The molecule has 1 heterocycles. The Balaban J connectivity index is 2.28. The average Bonchev–Trinajstić information content (AvgIpc) is 2.60. The van der Waals surface area contributed by atoms with Gasteiger partial charge >= 0.3 is 5.97 Å². The Morgan fingerprint density at radius 1 is 1.32 bits per heavy atom. The molecule has 0 atom stereocenters. The standard InChI is InChI=1S/C18H23ClN4O2/c1-5-6-9-23(3)16-10-12(2)20-18(22-16)21-15-11-13(17(24)25-4)7-8-14(15)19/h7-8,10-11H,5-6,9H2,1-4H3,(H,20,21,22). The number of aryl methyl sites for hydroxylation is 1. The molecule has 2 rings (SSSR count). The second-order valence-corrected chi connectivity index (χ2v) is 6.18. The van der Waals surface area contributed by atoms with Gasteiger partial charge < -0.3 is 15.0 Å². The summed E-state index contributed by atoms with van der Waals surface area (Å²) in [5.74, 6) is 0.843. The number of unbranched alkanes of at least 4 members (excludes halogenated alkanes) is 1. The normalized spacial score (nSPS) is 10.4. The molecule has 0 saturated heterocycles. The minimum atomic E-state index is -0.426. The Labute approximate surface area is 153 Å². The number of anilines is 3. The maximum Gasteiger partial charge on any atom is 0.337 e. The summed E-state index contributed by atoms with van der Waals surface area (Å²) in [4.78, 5) is 22.7. The molecule has 1 N–H and O–H groups in total. The fourth-order valence-electron chi connectivity index (χ4n) is 2.30. The van der Waals surface area contributed by atoms with E-state index in [-0.39, 0.29) is 0 Å². The third kappa shape index (κ3) is 5.06. The smallest absolute Gasteiger partial charge is 0.337 e. The highest BCUT2D eigenvalue weighted by atomic mass is 35.5. The summed E-state index contributed by atoms with van der Waals surface area (Å²) in [6, 6.07) is 6.81. The molecule has 0 amide bonds. The van der Waals surface area contributed by atoms with Gasteiger partial charge in [0.05, 0.1) is 23.4 Å². The summed E-state index contributed by atoms with van der Waals surface area (Å²) >= 11 is 6.22. The molecule has 0 aliphatic heterocycles. The number of hydrogen-bond acceptors (Lipinski definition) is 6. The van der Waals surface area contributed by atoms with Crippen LogP contribution in [0, 0.1) is 6.92 Å². The van der Waals surface area contributed by atoms with Crippen LogP contribution in [0.1, 0.15) is 35.8 Å². The van der Waals surface area contributed by atoms with Gasteiger partial charge in [0.15, 0.2) is 0 Å². The van der Waals surface area contributed by atoms with Crippen molar-refractivity contribution in [3.05, 3.63) is 40.5 Å². The van der Waals surface area contributed by atoms with Crippen LogP contribution in [0.5, 0.6) is 0 Å². The van der Waals surface area contributed by atoms with E-state index in [9.17, 15) is 4.79 Å². The summed E-state index contributed by atoms with van der Waals surface area (Å²) < 4.78 is 4.74. The van der Waals surface area contributed by atoms with E-state index in [0.29, 0.717) is 22.2 Å². The van der Waals surface area contributed by atoms with Gasteiger partial charge in [-0.2, -0.15) is 4.98 Å². The topological polar surface area (TPSA) is 67.4 Å². The van der Waals surface area contributed by atoms with Crippen molar-refractivity contribution in [3.63, 3.8) is 0 Å². The first-order valence-electron chi connectivity index (χ1n) is 8.16. The molecule has 1 aromatic heterocycles. The number of rotatable bonds is 7. The summed E-state index contributed by atoms with van der Waals surface area (Å²) in [6.45, 7) is 4.99. The Bertz CT molecular complexity index is 752. The molecule has 6 nitrogen and oxygen atoms in total. The minimum absolute atomic E-state index is 0.405. The van der Waals surface area contributed by atoms with Crippen molar-refractivity contribution < 1.29 is 9.53 Å². The molecule has 0 unspecified atom stereocenters. The van der Waals surface area contributed by atoms with Crippen molar-refractivity contribution in [1.29, 1.82) is 0 Å². The first-order chi connectivity index (χ1) is 11.9. The van der Waals surface area contributed by atoms with E-state index in [2.05, 4.69) is 27.1 Å². The van der Waals surface area contributed by atoms with Crippen molar-refractivity contribution in [2.75, 3.05) is 30.9 Å². The van der Waals surface area contributed by atoms with Crippen LogP contribution in [0.15, 0.2) is 24.3 Å². The molecule has 0 aliphatic carbocycles. The van der Waals surface area contributed by atoms with Crippen molar-refractivity contribution in [1.82, 2.24) is 9.97 Å². The second kappa shape index (κ2) is 8.67. The van der Waals surface area contributed by atoms with Crippen molar-refractivity contribution in [3.8, 4) is 0 Å². The van der Waals surface area contributed by atoms with E-state index >= 15 is 0 Å². The van der Waals surface area contributed by atoms with E-state index in [0.717, 1.165) is 30.9 Å². The summed E-state index contributed by atoms with van der Waals surface area (Å²) in [6.07, 6.45) is 2.21. The molecule has 0 radical (unpaired) electrons. The van der Waals surface area contributed by atoms with Gasteiger partial charge in [-0.05, 0) is 31.5 Å². The molecule has 0 fully saturated rings. The van der Waals surface area contributed by atoms with Crippen LogP contribution in [0.25, 0.3) is 0 Å². The van der Waals surface area contributed by atoms with Gasteiger partial charge in [-0.25, -0.2) is 9.78 Å². The second-order valence-electron chi connectivity index (χ2n) is 5.78. The SMILES string of the molecule is CCCCN(C)c1cc(C)nc(Nc2cc(C(=O)OC)ccc2Cl)n1. The van der Waals surface area contributed by atoms with Crippen molar-refractivity contribution in [2.45, 2.75) is 26.7 Å². The number of halogens is 1. The first-order valence-corrected chi connectivity index (χ1v) is 8.54. The molecule has 1 aromatic carbocycles. The Morgan fingerprint density at radius 2 is 2.08 bits per heavy atom. The van der Waals surface area contributed by atoms with Gasteiger partial charge in [0.1, 0.15) is 5.82 Å². The lowest BCUT2D eigenvalue weighted by atomic mass is 10.2. The Hall–Kier alpha value is -2.34. The van der Waals surface area contributed by atoms with Gasteiger partial charge in [0.2, 0.25) is 5.95 Å². The Morgan fingerprint density at radius 3 is 2.76 bits per heavy atom. The molecule has 0 spiro atoms. The van der Waals surface area contributed by atoms with Crippen molar-refractivity contribution in [2.24, 2.45) is 0 Å². The van der Waals surface area contributed by atoms with E-state index in [1.165, 1.54) is 7.11 Å². The number of carbonyl (C=O) groups is 1.